The molecule has 3 aromatic heterocycles. The summed E-state index contributed by atoms with van der Waals surface area (Å²) < 4.78 is 8.94. The molecule has 112 valence electrons. The minimum Gasteiger partial charge on any atom is -0.454 e. The molecule has 5 aromatic rings. The molecule has 0 fully saturated rings. The van der Waals surface area contributed by atoms with E-state index in [1.165, 1.54) is 5.39 Å². The average Bonchev–Trinajstić information content (AvgIpc) is 3.26. The molecule has 0 saturated carbocycles. The number of rotatable bonds is 2. The van der Waals surface area contributed by atoms with Gasteiger partial charge in [-0.1, -0.05) is 59.5 Å². The van der Waals surface area contributed by atoms with Crippen molar-refractivity contribution in [1.29, 1.82) is 0 Å². The van der Waals surface area contributed by atoms with Gasteiger partial charge in [-0.2, -0.15) is 0 Å². The molecule has 0 radical (unpaired) electrons. The van der Waals surface area contributed by atoms with Crippen molar-refractivity contribution < 1.29 is 4.42 Å². The summed E-state index contributed by atoms with van der Waals surface area (Å²) in [4.78, 5) is 5.52. The standard InChI is InChI=1S/C17H11N3OS2/c1-22-17-19-20-9-13(18-16(20)23-17)14-8-11-7-6-10-4-2-3-5-12(10)15(11)21-14/h2-9H,1H3. The van der Waals surface area contributed by atoms with E-state index >= 15 is 0 Å². The van der Waals surface area contributed by atoms with Crippen LogP contribution in [0.5, 0.6) is 0 Å². The Morgan fingerprint density at radius 2 is 2.00 bits per heavy atom. The topological polar surface area (TPSA) is 43.3 Å². The molecule has 0 aliphatic carbocycles. The van der Waals surface area contributed by atoms with Gasteiger partial charge in [0.05, 0.1) is 6.20 Å². The number of benzene rings is 2. The van der Waals surface area contributed by atoms with Gasteiger partial charge in [-0.25, -0.2) is 9.50 Å². The van der Waals surface area contributed by atoms with Crippen LogP contribution in [0.3, 0.4) is 0 Å². The van der Waals surface area contributed by atoms with Gasteiger partial charge in [0.1, 0.15) is 11.3 Å². The van der Waals surface area contributed by atoms with Gasteiger partial charge >= 0.3 is 0 Å². The number of furan rings is 1. The minimum absolute atomic E-state index is 0.778. The smallest absolute Gasteiger partial charge is 0.213 e. The molecule has 0 aliphatic rings. The predicted octanol–water partition coefficient (Wildman–Crippen LogP) is 5.08. The zero-order chi connectivity index (χ0) is 15.4. The lowest BCUT2D eigenvalue weighted by Crippen LogP contribution is -1.79. The van der Waals surface area contributed by atoms with Crippen LogP contribution < -0.4 is 0 Å². The van der Waals surface area contributed by atoms with E-state index in [1.807, 2.05) is 35.2 Å². The molecule has 3 heterocycles. The Bertz CT molecular complexity index is 1140. The Balaban J connectivity index is 1.71. The number of imidazole rings is 1. The molecule has 5 rings (SSSR count). The largest absolute Gasteiger partial charge is 0.454 e. The Labute approximate surface area is 139 Å². The Kier molecular flexibility index (Phi) is 2.77. The fourth-order valence-corrected chi connectivity index (χ4v) is 4.12. The highest BCUT2D eigenvalue weighted by atomic mass is 32.2. The summed E-state index contributed by atoms with van der Waals surface area (Å²) in [6.45, 7) is 0. The molecule has 0 bridgehead atoms. The highest BCUT2D eigenvalue weighted by Crippen LogP contribution is 2.33. The maximum absolute atomic E-state index is 6.12. The highest BCUT2D eigenvalue weighted by Gasteiger charge is 2.14. The van der Waals surface area contributed by atoms with Crippen molar-refractivity contribution >= 4 is 49.8 Å². The molecule has 0 N–H and O–H groups in total. The van der Waals surface area contributed by atoms with Crippen molar-refractivity contribution in [3.63, 3.8) is 0 Å². The quantitative estimate of drug-likeness (QED) is 0.421. The number of hydrogen-bond acceptors (Lipinski definition) is 5. The van der Waals surface area contributed by atoms with Gasteiger partial charge in [0.25, 0.3) is 0 Å². The third-order valence-corrected chi connectivity index (χ3v) is 5.76. The predicted molar refractivity (Wildman–Crippen MR) is 95.4 cm³/mol. The fourth-order valence-electron chi connectivity index (χ4n) is 2.78. The molecule has 0 atom stereocenters. The third-order valence-electron chi connectivity index (χ3n) is 3.86. The van der Waals surface area contributed by atoms with Gasteiger partial charge in [0.15, 0.2) is 10.1 Å². The van der Waals surface area contributed by atoms with E-state index in [4.69, 9.17) is 4.42 Å². The lowest BCUT2D eigenvalue weighted by molar-refractivity contribution is 0.632. The van der Waals surface area contributed by atoms with Crippen LogP contribution in [0.15, 0.2) is 57.4 Å². The van der Waals surface area contributed by atoms with Gasteiger partial charge in [-0.15, -0.1) is 5.10 Å². The molecular formula is C17H11N3OS2. The van der Waals surface area contributed by atoms with Gasteiger partial charge < -0.3 is 4.42 Å². The lowest BCUT2D eigenvalue weighted by atomic mass is 10.1. The maximum Gasteiger partial charge on any atom is 0.213 e. The Morgan fingerprint density at radius 1 is 1.13 bits per heavy atom. The molecule has 0 unspecified atom stereocenters. The van der Waals surface area contributed by atoms with Gasteiger partial charge in [0.2, 0.25) is 4.96 Å². The van der Waals surface area contributed by atoms with Crippen molar-refractivity contribution in [2.45, 2.75) is 4.34 Å². The van der Waals surface area contributed by atoms with Crippen LogP contribution in [0.1, 0.15) is 0 Å². The summed E-state index contributed by atoms with van der Waals surface area (Å²) in [5.74, 6) is 0.778. The van der Waals surface area contributed by atoms with E-state index in [-0.39, 0.29) is 0 Å². The normalized spacial score (nSPS) is 11.9. The first kappa shape index (κ1) is 13.2. The summed E-state index contributed by atoms with van der Waals surface area (Å²) >= 11 is 3.21. The Morgan fingerprint density at radius 3 is 2.87 bits per heavy atom. The first-order valence-corrected chi connectivity index (χ1v) is 9.18. The van der Waals surface area contributed by atoms with E-state index in [0.29, 0.717) is 0 Å². The number of aromatic nitrogens is 3. The molecule has 6 heteroatoms. The summed E-state index contributed by atoms with van der Waals surface area (Å²) in [7, 11) is 0. The second-order valence-corrected chi connectivity index (χ2v) is 7.25. The van der Waals surface area contributed by atoms with Crippen molar-refractivity contribution in [2.75, 3.05) is 6.26 Å². The molecule has 23 heavy (non-hydrogen) atoms. The number of nitrogens with zero attached hydrogens (tertiary/aromatic N) is 3. The molecule has 0 amide bonds. The summed E-state index contributed by atoms with van der Waals surface area (Å²) in [6.07, 6.45) is 3.94. The summed E-state index contributed by atoms with van der Waals surface area (Å²) in [5.41, 5.74) is 1.73. The van der Waals surface area contributed by atoms with Gasteiger partial charge in [-0.05, 0) is 17.7 Å². The first-order chi connectivity index (χ1) is 11.3. The van der Waals surface area contributed by atoms with Crippen molar-refractivity contribution in [3.05, 3.63) is 48.7 Å². The molecule has 0 saturated heterocycles. The molecule has 0 aliphatic heterocycles. The van der Waals surface area contributed by atoms with Crippen LogP contribution in [0.25, 0.3) is 38.2 Å². The van der Waals surface area contributed by atoms with E-state index < -0.39 is 0 Å². The van der Waals surface area contributed by atoms with Crippen molar-refractivity contribution in [1.82, 2.24) is 14.6 Å². The zero-order valence-corrected chi connectivity index (χ0v) is 13.8. The number of hydrogen-bond donors (Lipinski definition) is 0. The highest BCUT2D eigenvalue weighted by molar-refractivity contribution is 8.00. The van der Waals surface area contributed by atoms with Crippen molar-refractivity contribution in [2.24, 2.45) is 0 Å². The monoisotopic (exact) mass is 337 g/mol. The van der Waals surface area contributed by atoms with Crippen LogP contribution in [0.4, 0.5) is 0 Å². The summed E-state index contributed by atoms with van der Waals surface area (Å²) in [6, 6.07) is 14.5. The van der Waals surface area contributed by atoms with Gasteiger partial charge in [0, 0.05) is 10.8 Å². The third kappa shape index (κ3) is 1.99. The summed E-state index contributed by atoms with van der Waals surface area (Å²) in [5, 5.41) is 7.87. The van der Waals surface area contributed by atoms with E-state index in [1.54, 1.807) is 23.1 Å². The number of fused-ring (bicyclic) bond motifs is 4. The number of thioether (sulfide) groups is 1. The van der Waals surface area contributed by atoms with E-state index in [2.05, 4.69) is 34.3 Å². The Hall–Kier alpha value is -2.31. The SMILES string of the molecule is CSc1nn2cc(-c3cc4ccc5ccccc5c4o3)nc2s1. The first-order valence-electron chi connectivity index (χ1n) is 7.14. The maximum atomic E-state index is 6.12. The zero-order valence-electron chi connectivity index (χ0n) is 12.2. The molecule has 0 spiro atoms. The van der Waals surface area contributed by atoms with Gasteiger partial charge in [-0.3, -0.25) is 0 Å². The van der Waals surface area contributed by atoms with Crippen LogP contribution in [-0.2, 0) is 0 Å². The lowest BCUT2D eigenvalue weighted by Gasteiger charge is -1.96. The second kappa shape index (κ2) is 4.84. The average molecular weight is 337 g/mol. The van der Waals surface area contributed by atoms with E-state index in [9.17, 15) is 0 Å². The fraction of sp³-hybridized carbons (Fsp3) is 0.0588. The van der Waals surface area contributed by atoms with Crippen LogP contribution >= 0.6 is 23.1 Å². The van der Waals surface area contributed by atoms with E-state index in [0.717, 1.165) is 37.1 Å². The molecule has 4 nitrogen and oxygen atoms in total. The van der Waals surface area contributed by atoms with Crippen LogP contribution in [0.2, 0.25) is 0 Å². The van der Waals surface area contributed by atoms with Crippen LogP contribution in [0, 0.1) is 0 Å². The van der Waals surface area contributed by atoms with Crippen molar-refractivity contribution in [3.8, 4) is 11.5 Å². The minimum atomic E-state index is 0.778. The van der Waals surface area contributed by atoms with Crippen LogP contribution in [-0.4, -0.2) is 20.9 Å². The molecule has 2 aromatic carbocycles. The second-order valence-electron chi connectivity index (χ2n) is 5.24. The molecular weight excluding hydrogens is 326 g/mol.